The fraction of sp³-hybridized carbons (Fsp3) is 0.562. The van der Waals surface area contributed by atoms with Crippen LogP contribution in [0, 0.1) is 0 Å². The number of pyridine rings is 1. The first-order valence-electron chi connectivity index (χ1n) is 8.32. The number of rotatable bonds is 3. The lowest BCUT2D eigenvalue weighted by molar-refractivity contribution is 0.136. The second-order valence-electron chi connectivity index (χ2n) is 6.36. The van der Waals surface area contributed by atoms with Crippen LogP contribution in [0.5, 0.6) is 5.75 Å². The molecule has 0 aromatic carbocycles. The van der Waals surface area contributed by atoms with Gasteiger partial charge in [-0.15, -0.1) is 0 Å². The molecule has 2 heterocycles. The Morgan fingerprint density at radius 3 is 2.68 bits per heavy atom. The number of amides is 4. The molecule has 25 heavy (non-hydrogen) atoms. The molecule has 0 bridgehead atoms. The quantitative estimate of drug-likeness (QED) is 0.787. The number of ether oxygens (including phenoxy) is 1. The largest absolute Gasteiger partial charge is 0.489 e. The minimum atomic E-state index is -0.343. The molecule has 0 unspecified atom stereocenters. The van der Waals surface area contributed by atoms with E-state index in [-0.39, 0.29) is 29.8 Å². The second-order valence-corrected chi connectivity index (χ2v) is 7.21. The molecule has 2 fully saturated rings. The third kappa shape index (κ3) is 4.15. The molecule has 9 heteroatoms. The van der Waals surface area contributed by atoms with E-state index in [0.717, 1.165) is 30.2 Å². The zero-order chi connectivity index (χ0) is 18.0. The summed E-state index contributed by atoms with van der Waals surface area (Å²) in [6.07, 6.45) is 4.79. The van der Waals surface area contributed by atoms with Gasteiger partial charge in [0, 0.05) is 38.4 Å². The molecule has 8 nitrogen and oxygen atoms in total. The predicted octanol–water partition coefficient (Wildman–Crippen LogP) is 1.57. The molecule has 0 radical (unpaired) electrons. The molecule has 1 aliphatic carbocycles. The molecule has 1 saturated heterocycles. The summed E-state index contributed by atoms with van der Waals surface area (Å²) in [5, 5.41) is 5.52. The van der Waals surface area contributed by atoms with Crippen LogP contribution in [0.15, 0.2) is 21.5 Å². The zero-order valence-electron chi connectivity index (χ0n) is 14.0. The number of nitrogens with zero attached hydrogens (tertiary/aromatic N) is 2. The Labute approximate surface area is 153 Å². The molecular weight excluding hydrogens is 392 g/mol. The fourth-order valence-corrected chi connectivity index (χ4v) is 3.61. The van der Waals surface area contributed by atoms with Crippen molar-refractivity contribution in [3.05, 3.63) is 27.1 Å². The van der Waals surface area contributed by atoms with Crippen molar-refractivity contribution in [1.29, 1.82) is 0 Å². The Bertz CT molecular complexity index is 727. The average molecular weight is 413 g/mol. The van der Waals surface area contributed by atoms with Crippen LogP contribution in [-0.4, -0.2) is 46.8 Å². The summed E-state index contributed by atoms with van der Waals surface area (Å²) in [6, 6.07) is 0.829. The van der Waals surface area contributed by atoms with Gasteiger partial charge in [0.15, 0.2) is 0 Å². The number of aryl methyl sites for hydroxylation is 1. The van der Waals surface area contributed by atoms with Crippen molar-refractivity contribution >= 4 is 28.0 Å². The van der Waals surface area contributed by atoms with Gasteiger partial charge in [-0.05, 0) is 41.6 Å². The van der Waals surface area contributed by atoms with E-state index in [0.29, 0.717) is 18.8 Å². The lowest BCUT2D eigenvalue weighted by Crippen LogP contribution is -2.47. The van der Waals surface area contributed by atoms with Crippen molar-refractivity contribution in [3.8, 4) is 5.75 Å². The van der Waals surface area contributed by atoms with Crippen LogP contribution in [0.2, 0.25) is 0 Å². The first-order chi connectivity index (χ1) is 11.9. The first kappa shape index (κ1) is 17.8. The molecule has 2 N–H and O–H groups in total. The van der Waals surface area contributed by atoms with E-state index >= 15 is 0 Å². The molecule has 0 spiro atoms. The molecule has 0 atom stereocenters. The lowest BCUT2D eigenvalue weighted by atomic mass is 9.93. The number of aromatic nitrogens is 1. The summed E-state index contributed by atoms with van der Waals surface area (Å²) < 4.78 is 8.17. The number of hydrogen-bond donors (Lipinski definition) is 2. The van der Waals surface area contributed by atoms with Crippen molar-refractivity contribution in [2.75, 3.05) is 13.1 Å². The van der Waals surface area contributed by atoms with Crippen molar-refractivity contribution in [2.45, 2.75) is 37.8 Å². The van der Waals surface area contributed by atoms with Gasteiger partial charge in [-0.25, -0.2) is 14.5 Å². The third-order valence-corrected chi connectivity index (χ3v) is 5.14. The minimum absolute atomic E-state index is 0.00615. The second kappa shape index (κ2) is 7.47. The number of halogens is 1. The molecule has 3 rings (SSSR count). The third-order valence-electron chi connectivity index (χ3n) is 4.54. The van der Waals surface area contributed by atoms with Crippen LogP contribution in [0.4, 0.5) is 9.59 Å². The Morgan fingerprint density at radius 1 is 1.32 bits per heavy atom. The van der Waals surface area contributed by atoms with Gasteiger partial charge in [0.05, 0.1) is 10.6 Å². The summed E-state index contributed by atoms with van der Waals surface area (Å²) in [4.78, 5) is 36.5. The molecule has 1 aromatic rings. The van der Waals surface area contributed by atoms with Gasteiger partial charge in [0.2, 0.25) is 0 Å². The number of imide groups is 1. The van der Waals surface area contributed by atoms with E-state index in [1.807, 2.05) is 0 Å². The molecular formula is C16H21BrN4O4. The lowest BCUT2D eigenvalue weighted by Gasteiger charge is -2.30. The van der Waals surface area contributed by atoms with E-state index in [1.54, 1.807) is 13.2 Å². The minimum Gasteiger partial charge on any atom is -0.489 e. The molecule has 136 valence electrons. The molecule has 2 aliphatic rings. The van der Waals surface area contributed by atoms with E-state index in [9.17, 15) is 14.4 Å². The van der Waals surface area contributed by atoms with Gasteiger partial charge in [-0.3, -0.25) is 4.79 Å². The Morgan fingerprint density at radius 2 is 2.04 bits per heavy atom. The first-order valence-corrected chi connectivity index (χ1v) is 9.12. The molecule has 1 aromatic heterocycles. The standard InChI is InChI=1S/C16H21BrN4O4/c1-20-9-12(17)13(8-14(20)22)25-11-4-2-10(3-5-11)19-16(24)21-7-6-18-15(21)23/h8-11H,2-7H2,1H3,(H,18,23)(H,19,24)/t10-,11-. The van der Waals surface area contributed by atoms with E-state index in [4.69, 9.17) is 4.74 Å². The molecule has 4 amide bonds. The molecule has 1 aliphatic heterocycles. The Balaban J connectivity index is 1.50. The van der Waals surface area contributed by atoms with Crippen molar-refractivity contribution < 1.29 is 14.3 Å². The number of urea groups is 2. The van der Waals surface area contributed by atoms with Crippen molar-refractivity contribution in [1.82, 2.24) is 20.1 Å². The summed E-state index contributed by atoms with van der Waals surface area (Å²) in [5.74, 6) is 0.546. The van der Waals surface area contributed by atoms with Crippen LogP contribution in [0.1, 0.15) is 25.7 Å². The van der Waals surface area contributed by atoms with Crippen molar-refractivity contribution in [3.63, 3.8) is 0 Å². The summed E-state index contributed by atoms with van der Waals surface area (Å²) in [5.41, 5.74) is -0.122. The summed E-state index contributed by atoms with van der Waals surface area (Å²) in [7, 11) is 1.69. The summed E-state index contributed by atoms with van der Waals surface area (Å²) in [6.45, 7) is 0.901. The highest BCUT2D eigenvalue weighted by Crippen LogP contribution is 2.28. The highest BCUT2D eigenvalue weighted by atomic mass is 79.9. The monoisotopic (exact) mass is 412 g/mol. The normalized spacial score (nSPS) is 23.3. The number of hydrogen-bond acceptors (Lipinski definition) is 4. The van der Waals surface area contributed by atoms with Gasteiger partial charge in [0.1, 0.15) is 5.75 Å². The highest BCUT2D eigenvalue weighted by molar-refractivity contribution is 9.10. The topological polar surface area (TPSA) is 92.7 Å². The van der Waals surface area contributed by atoms with E-state index in [2.05, 4.69) is 26.6 Å². The van der Waals surface area contributed by atoms with Crippen LogP contribution in [-0.2, 0) is 7.05 Å². The van der Waals surface area contributed by atoms with Crippen LogP contribution < -0.4 is 20.9 Å². The average Bonchev–Trinajstić information content (AvgIpc) is 3.00. The maximum absolute atomic E-state index is 12.1. The van der Waals surface area contributed by atoms with Gasteiger partial charge < -0.3 is 19.9 Å². The maximum atomic E-state index is 12.1. The van der Waals surface area contributed by atoms with Gasteiger partial charge >= 0.3 is 12.1 Å². The van der Waals surface area contributed by atoms with Gasteiger partial charge in [-0.1, -0.05) is 0 Å². The number of carbonyl (C=O) groups is 2. The van der Waals surface area contributed by atoms with Gasteiger partial charge in [-0.2, -0.15) is 0 Å². The van der Waals surface area contributed by atoms with E-state index < -0.39 is 0 Å². The zero-order valence-corrected chi connectivity index (χ0v) is 15.5. The van der Waals surface area contributed by atoms with Crippen molar-refractivity contribution in [2.24, 2.45) is 7.05 Å². The van der Waals surface area contributed by atoms with E-state index in [1.165, 1.54) is 15.5 Å². The SMILES string of the molecule is Cn1cc(Br)c(O[C@H]2CC[C@H](NC(=O)N3CCNC3=O)CC2)cc1=O. The number of nitrogens with one attached hydrogen (secondary N) is 2. The highest BCUT2D eigenvalue weighted by Gasteiger charge is 2.30. The summed E-state index contributed by atoms with van der Waals surface area (Å²) >= 11 is 3.41. The number of carbonyl (C=O) groups excluding carboxylic acids is 2. The Kier molecular flexibility index (Phi) is 5.31. The smallest absolute Gasteiger partial charge is 0.325 e. The molecule has 1 saturated carbocycles. The van der Waals surface area contributed by atoms with Crippen LogP contribution in [0.3, 0.4) is 0 Å². The predicted molar refractivity (Wildman–Crippen MR) is 94.7 cm³/mol. The fourth-order valence-electron chi connectivity index (χ4n) is 3.09. The van der Waals surface area contributed by atoms with Gasteiger partial charge in [0.25, 0.3) is 5.56 Å². The van der Waals surface area contributed by atoms with Crippen LogP contribution >= 0.6 is 15.9 Å². The maximum Gasteiger partial charge on any atom is 0.325 e. The van der Waals surface area contributed by atoms with Crippen LogP contribution in [0.25, 0.3) is 0 Å². The Hall–Kier alpha value is -2.03.